The Labute approximate surface area is 117 Å². The second-order valence-corrected chi connectivity index (χ2v) is 5.51. The van der Waals surface area contributed by atoms with Crippen LogP contribution in [0.1, 0.15) is 10.4 Å². The van der Waals surface area contributed by atoms with Gasteiger partial charge in [0.15, 0.2) is 5.78 Å². The second-order valence-electron chi connectivity index (χ2n) is 4.72. The third-order valence-electron chi connectivity index (χ3n) is 3.37. The van der Waals surface area contributed by atoms with Crippen molar-refractivity contribution in [2.45, 2.75) is 6.04 Å². The molecule has 1 aliphatic heterocycles. The van der Waals surface area contributed by atoms with E-state index in [4.69, 9.17) is 23.2 Å². The lowest BCUT2D eigenvalue weighted by Crippen LogP contribution is -2.53. The highest BCUT2D eigenvalue weighted by molar-refractivity contribution is 6.44. The van der Waals surface area contributed by atoms with E-state index in [1.165, 1.54) is 0 Å². The first-order chi connectivity index (χ1) is 8.50. The van der Waals surface area contributed by atoms with Crippen molar-refractivity contribution in [2.75, 3.05) is 33.7 Å². The number of hydrogen-bond acceptors (Lipinski definition) is 3. The number of halogens is 2. The van der Waals surface area contributed by atoms with Crippen LogP contribution in [0.5, 0.6) is 0 Å². The number of carbonyl (C=O) groups is 1. The molecule has 0 bridgehead atoms. The highest BCUT2D eigenvalue weighted by Crippen LogP contribution is 2.27. The van der Waals surface area contributed by atoms with Gasteiger partial charge in [-0.05, 0) is 26.2 Å². The van der Waals surface area contributed by atoms with Gasteiger partial charge in [0, 0.05) is 25.2 Å². The van der Waals surface area contributed by atoms with Crippen LogP contribution in [0.3, 0.4) is 0 Å². The number of benzene rings is 1. The van der Waals surface area contributed by atoms with Crippen molar-refractivity contribution in [3.63, 3.8) is 0 Å². The number of Topliss-reactive ketones (excluding diaryl/α,β-unsaturated/α-hetero) is 1. The van der Waals surface area contributed by atoms with Crippen LogP contribution in [0.2, 0.25) is 10.0 Å². The van der Waals surface area contributed by atoms with Gasteiger partial charge in [-0.15, -0.1) is 0 Å². The van der Waals surface area contributed by atoms with Gasteiger partial charge < -0.3 is 4.90 Å². The van der Waals surface area contributed by atoms with Crippen LogP contribution < -0.4 is 0 Å². The molecule has 0 aliphatic carbocycles. The summed E-state index contributed by atoms with van der Waals surface area (Å²) in [7, 11) is 3.99. The van der Waals surface area contributed by atoms with Crippen LogP contribution in [-0.2, 0) is 0 Å². The summed E-state index contributed by atoms with van der Waals surface area (Å²) in [6.07, 6.45) is 0. The van der Waals surface area contributed by atoms with E-state index in [1.54, 1.807) is 18.2 Å². The van der Waals surface area contributed by atoms with Crippen molar-refractivity contribution >= 4 is 29.0 Å². The summed E-state index contributed by atoms with van der Waals surface area (Å²) in [6, 6.07) is 5.03. The zero-order chi connectivity index (χ0) is 13.3. The maximum atomic E-state index is 12.5. The van der Waals surface area contributed by atoms with Crippen molar-refractivity contribution in [3.8, 4) is 0 Å². The van der Waals surface area contributed by atoms with E-state index in [2.05, 4.69) is 9.80 Å². The molecule has 2 rings (SSSR count). The van der Waals surface area contributed by atoms with Crippen LogP contribution in [-0.4, -0.2) is 55.4 Å². The Kier molecular flexibility index (Phi) is 4.28. The number of nitrogens with zero attached hydrogens (tertiary/aromatic N) is 2. The van der Waals surface area contributed by atoms with Crippen molar-refractivity contribution in [2.24, 2.45) is 0 Å². The molecule has 0 spiro atoms. The standard InChI is InChI=1S/C13H16Cl2N2O/c1-16-6-7-17(2)11(8-16)13(18)9-4-3-5-10(14)12(9)15/h3-5,11H,6-8H2,1-2H3. The van der Waals surface area contributed by atoms with E-state index in [0.717, 1.165) is 19.6 Å². The SMILES string of the molecule is CN1CCN(C)C(C(=O)c2cccc(Cl)c2Cl)C1. The van der Waals surface area contributed by atoms with Crippen molar-refractivity contribution in [1.82, 2.24) is 9.80 Å². The number of rotatable bonds is 2. The molecule has 0 saturated carbocycles. The molecule has 98 valence electrons. The molecule has 1 heterocycles. The predicted octanol–water partition coefficient (Wildman–Crippen LogP) is 2.42. The minimum Gasteiger partial charge on any atom is -0.303 e. The third-order valence-corrected chi connectivity index (χ3v) is 4.19. The lowest BCUT2D eigenvalue weighted by atomic mass is 10.0. The first-order valence-electron chi connectivity index (χ1n) is 5.87. The Hall–Kier alpha value is -0.610. The maximum absolute atomic E-state index is 12.5. The molecule has 1 atom stereocenters. The van der Waals surface area contributed by atoms with E-state index in [0.29, 0.717) is 15.6 Å². The van der Waals surface area contributed by atoms with Gasteiger partial charge in [0.1, 0.15) is 0 Å². The number of piperazine rings is 1. The fraction of sp³-hybridized carbons (Fsp3) is 0.462. The van der Waals surface area contributed by atoms with Gasteiger partial charge >= 0.3 is 0 Å². The average Bonchev–Trinajstić information content (AvgIpc) is 2.35. The number of carbonyl (C=O) groups excluding carboxylic acids is 1. The number of hydrogen-bond donors (Lipinski definition) is 0. The molecule has 1 fully saturated rings. The molecule has 1 saturated heterocycles. The number of likely N-dealkylation sites (N-methyl/N-ethyl adjacent to an activating group) is 2. The first-order valence-corrected chi connectivity index (χ1v) is 6.63. The lowest BCUT2D eigenvalue weighted by molar-refractivity contribution is 0.0686. The van der Waals surface area contributed by atoms with E-state index < -0.39 is 0 Å². The summed E-state index contributed by atoms with van der Waals surface area (Å²) < 4.78 is 0. The largest absolute Gasteiger partial charge is 0.303 e. The van der Waals surface area contributed by atoms with E-state index in [1.807, 2.05) is 14.1 Å². The Bertz CT molecular complexity index is 464. The zero-order valence-corrected chi connectivity index (χ0v) is 12.0. The summed E-state index contributed by atoms with van der Waals surface area (Å²) in [5.74, 6) is 0.0385. The smallest absolute Gasteiger partial charge is 0.182 e. The highest BCUT2D eigenvalue weighted by atomic mass is 35.5. The van der Waals surface area contributed by atoms with Gasteiger partial charge in [0.05, 0.1) is 16.1 Å². The zero-order valence-electron chi connectivity index (χ0n) is 10.5. The van der Waals surface area contributed by atoms with Crippen molar-refractivity contribution in [1.29, 1.82) is 0 Å². The van der Waals surface area contributed by atoms with Gasteiger partial charge in [0.25, 0.3) is 0 Å². The minimum absolute atomic E-state index is 0.0385. The molecule has 1 aliphatic rings. The summed E-state index contributed by atoms with van der Waals surface area (Å²) in [4.78, 5) is 16.7. The Balaban J connectivity index is 2.27. The highest BCUT2D eigenvalue weighted by Gasteiger charge is 2.30. The number of ketones is 1. The van der Waals surface area contributed by atoms with E-state index >= 15 is 0 Å². The molecule has 3 nitrogen and oxygen atoms in total. The van der Waals surface area contributed by atoms with Crippen molar-refractivity contribution < 1.29 is 4.79 Å². The minimum atomic E-state index is -0.153. The second kappa shape index (κ2) is 5.57. The normalized spacial score (nSPS) is 22.1. The van der Waals surface area contributed by atoms with Gasteiger partial charge in [-0.3, -0.25) is 9.69 Å². The van der Waals surface area contributed by atoms with Gasteiger partial charge in [-0.25, -0.2) is 0 Å². The van der Waals surface area contributed by atoms with E-state index in [9.17, 15) is 4.79 Å². The van der Waals surface area contributed by atoms with Crippen LogP contribution in [0.4, 0.5) is 0 Å². The molecule has 5 heteroatoms. The molecule has 0 amide bonds. The molecular weight excluding hydrogens is 271 g/mol. The topological polar surface area (TPSA) is 23.6 Å². The van der Waals surface area contributed by atoms with Crippen LogP contribution >= 0.6 is 23.2 Å². The molecule has 0 aromatic heterocycles. The maximum Gasteiger partial charge on any atom is 0.182 e. The average molecular weight is 287 g/mol. The van der Waals surface area contributed by atoms with Gasteiger partial charge in [-0.2, -0.15) is 0 Å². The lowest BCUT2D eigenvalue weighted by Gasteiger charge is -2.36. The summed E-state index contributed by atoms with van der Waals surface area (Å²) >= 11 is 12.1. The molecule has 1 unspecified atom stereocenters. The van der Waals surface area contributed by atoms with E-state index in [-0.39, 0.29) is 11.8 Å². The third kappa shape index (κ3) is 2.69. The molecule has 1 aromatic rings. The fourth-order valence-corrected chi connectivity index (χ4v) is 2.56. The van der Waals surface area contributed by atoms with Crippen molar-refractivity contribution in [3.05, 3.63) is 33.8 Å². The molecule has 0 radical (unpaired) electrons. The van der Waals surface area contributed by atoms with Gasteiger partial charge in [-0.1, -0.05) is 29.3 Å². The Morgan fingerprint density at radius 3 is 2.72 bits per heavy atom. The summed E-state index contributed by atoms with van der Waals surface area (Å²) in [5.41, 5.74) is 0.510. The van der Waals surface area contributed by atoms with Gasteiger partial charge in [0.2, 0.25) is 0 Å². The van der Waals surface area contributed by atoms with Crippen LogP contribution in [0.15, 0.2) is 18.2 Å². The molecular formula is C13H16Cl2N2O. The first kappa shape index (κ1) is 13.8. The summed E-state index contributed by atoms with van der Waals surface area (Å²) in [6.45, 7) is 2.58. The fourth-order valence-electron chi connectivity index (χ4n) is 2.17. The molecule has 1 aromatic carbocycles. The monoisotopic (exact) mass is 286 g/mol. The quantitative estimate of drug-likeness (QED) is 0.780. The predicted molar refractivity (Wildman–Crippen MR) is 74.7 cm³/mol. The van der Waals surface area contributed by atoms with Crippen LogP contribution in [0.25, 0.3) is 0 Å². The Morgan fingerprint density at radius 2 is 2.00 bits per heavy atom. The molecule has 18 heavy (non-hydrogen) atoms. The molecule has 0 N–H and O–H groups in total. The van der Waals surface area contributed by atoms with Crippen LogP contribution in [0, 0.1) is 0 Å². The summed E-state index contributed by atoms with van der Waals surface area (Å²) in [5, 5.41) is 0.778. The Morgan fingerprint density at radius 1 is 1.28 bits per heavy atom.